The van der Waals surface area contributed by atoms with Gasteiger partial charge in [0.15, 0.2) is 17.5 Å². The van der Waals surface area contributed by atoms with Crippen molar-refractivity contribution in [3.8, 4) is 11.5 Å². The Bertz CT molecular complexity index is 686. The minimum absolute atomic E-state index is 0.440. The third kappa shape index (κ3) is 5.95. The number of methoxy groups -OCH3 is 1. The Morgan fingerprint density at radius 2 is 2.04 bits per heavy atom. The highest BCUT2D eigenvalue weighted by molar-refractivity contribution is 7.07. The van der Waals surface area contributed by atoms with Gasteiger partial charge in [0, 0.05) is 13.1 Å². The molecular formula is C20H29N3O2S. The largest absolute Gasteiger partial charge is 0.493 e. The summed E-state index contributed by atoms with van der Waals surface area (Å²) in [5, 5.41) is 11.0. The van der Waals surface area contributed by atoms with Crippen LogP contribution in [0.25, 0.3) is 0 Å². The van der Waals surface area contributed by atoms with Crippen molar-refractivity contribution in [2.75, 3.05) is 26.8 Å². The van der Waals surface area contributed by atoms with E-state index in [2.05, 4.69) is 46.3 Å². The van der Waals surface area contributed by atoms with E-state index in [-0.39, 0.29) is 0 Å². The summed E-state index contributed by atoms with van der Waals surface area (Å²) < 4.78 is 11.0. The van der Waals surface area contributed by atoms with Crippen molar-refractivity contribution in [2.24, 2.45) is 4.99 Å². The van der Waals surface area contributed by atoms with Gasteiger partial charge in [-0.1, -0.05) is 13.0 Å². The Labute approximate surface area is 160 Å². The van der Waals surface area contributed by atoms with Gasteiger partial charge in [-0.05, 0) is 59.9 Å². The van der Waals surface area contributed by atoms with Crippen LogP contribution >= 0.6 is 11.3 Å². The zero-order valence-corrected chi connectivity index (χ0v) is 16.9. The molecule has 0 amide bonds. The third-order valence-electron chi connectivity index (χ3n) is 3.98. The lowest BCUT2D eigenvalue weighted by Gasteiger charge is -2.15. The first kappa shape index (κ1) is 20.1. The van der Waals surface area contributed by atoms with Crippen molar-refractivity contribution >= 4 is 17.3 Å². The van der Waals surface area contributed by atoms with Crippen LogP contribution in [0.3, 0.4) is 0 Å². The van der Waals surface area contributed by atoms with Crippen molar-refractivity contribution in [3.63, 3.8) is 0 Å². The number of hydrogen-bond donors (Lipinski definition) is 2. The van der Waals surface area contributed by atoms with Crippen molar-refractivity contribution in [2.45, 2.75) is 33.2 Å². The summed E-state index contributed by atoms with van der Waals surface area (Å²) in [6.45, 7) is 9.11. The lowest BCUT2D eigenvalue weighted by molar-refractivity contribution is 0.310. The fourth-order valence-corrected chi connectivity index (χ4v) is 3.30. The quantitative estimate of drug-likeness (QED) is 0.513. The highest BCUT2D eigenvalue weighted by atomic mass is 32.1. The molecule has 26 heavy (non-hydrogen) atoms. The molecule has 0 aliphatic heterocycles. The Morgan fingerprint density at radius 3 is 2.69 bits per heavy atom. The van der Waals surface area contributed by atoms with Crippen LogP contribution in [0.5, 0.6) is 11.5 Å². The van der Waals surface area contributed by atoms with Gasteiger partial charge in [-0.25, -0.2) is 4.99 Å². The molecule has 0 fully saturated rings. The first-order valence-corrected chi connectivity index (χ1v) is 9.96. The third-order valence-corrected chi connectivity index (χ3v) is 4.68. The second kappa shape index (κ2) is 10.7. The molecule has 1 unspecified atom stereocenters. The summed E-state index contributed by atoms with van der Waals surface area (Å²) in [5.41, 5.74) is 2.43. The second-order valence-corrected chi connectivity index (χ2v) is 6.73. The van der Waals surface area contributed by atoms with Crippen molar-refractivity contribution < 1.29 is 9.47 Å². The van der Waals surface area contributed by atoms with Gasteiger partial charge in [-0.15, -0.1) is 0 Å². The zero-order valence-electron chi connectivity index (χ0n) is 16.0. The van der Waals surface area contributed by atoms with E-state index in [4.69, 9.17) is 9.47 Å². The van der Waals surface area contributed by atoms with Crippen LogP contribution in [0, 0.1) is 0 Å². The molecule has 2 N–H and O–H groups in total. The first-order chi connectivity index (χ1) is 12.7. The molecule has 1 aromatic heterocycles. The number of rotatable bonds is 9. The maximum absolute atomic E-state index is 5.56. The van der Waals surface area contributed by atoms with Crippen molar-refractivity contribution in [1.29, 1.82) is 0 Å². The minimum Gasteiger partial charge on any atom is -0.493 e. The van der Waals surface area contributed by atoms with Crippen LogP contribution in [-0.4, -0.2) is 32.8 Å². The van der Waals surface area contributed by atoms with Gasteiger partial charge in [0.1, 0.15) is 0 Å². The van der Waals surface area contributed by atoms with Crippen LogP contribution in [0.15, 0.2) is 40.0 Å². The number of benzene rings is 1. The molecule has 0 spiro atoms. The van der Waals surface area contributed by atoms with E-state index in [1.165, 1.54) is 5.56 Å². The van der Waals surface area contributed by atoms with Crippen molar-refractivity contribution in [3.05, 3.63) is 46.2 Å². The van der Waals surface area contributed by atoms with Crippen LogP contribution in [0.1, 0.15) is 37.8 Å². The van der Waals surface area contributed by atoms with Gasteiger partial charge in [0.05, 0.1) is 20.3 Å². The highest BCUT2D eigenvalue weighted by Gasteiger charge is 2.08. The van der Waals surface area contributed by atoms with Crippen LogP contribution in [0.4, 0.5) is 0 Å². The minimum atomic E-state index is 0.440. The van der Waals surface area contributed by atoms with E-state index in [0.29, 0.717) is 19.1 Å². The number of nitrogens with zero attached hydrogens (tertiary/aromatic N) is 1. The molecule has 2 aromatic rings. The van der Waals surface area contributed by atoms with Crippen LogP contribution < -0.4 is 20.1 Å². The average Bonchev–Trinajstić information content (AvgIpc) is 3.19. The number of aliphatic imine (C=N–C) groups is 1. The van der Waals surface area contributed by atoms with E-state index >= 15 is 0 Å². The van der Waals surface area contributed by atoms with Gasteiger partial charge in [0.2, 0.25) is 0 Å². The summed E-state index contributed by atoms with van der Waals surface area (Å²) in [7, 11) is 1.66. The van der Waals surface area contributed by atoms with Gasteiger partial charge in [0.25, 0.3) is 0 Å². The van der Waals surface area contributed by atoms with Crippen molar-refractivity contribution in [1.82, 2.24) is 10.6 Å². The maximum Gasteiger partial charge on any atom is 0.191 e. The molecule has 0 saturated carbocycles. The molecule has 5 nitrogen and oxygen atoms in total. The fourth-order valence-electron chi connectivity index (χ4n) is 2.52. The molecule has 142 valence electrons. The average molecular weight is 376 g/mol. The molecule has 0 radical (unpaired) electrons. The Morgan fingerprint density at radius 1 is 1.19 bits per heavy atom. The van der Waals surface area contributed by atoms with Crippen LogP contribution in [-0.2, 0) is 6.54 Å². The Balaban J connectivity index is 1.99. The van der Waals surface area contributed by atoms with Gasteiger partial charge in [-0.2, -0.15) is 11.3 Å². The highest BCUT2D eigenvalue weighted by Crippen LogP contribution is 2.28. The molecule has 0 saturated heterocycles. The summed E-state index contributed by atoms with van der Waals surface area (Å²) >= 11 is 1.73. The van der Waals surface area contributed by atoms with Gasteiger partial charge < -0.3 is 20.1 Å². The summed E-state index contributed by atoms with van der Waals surface area (Å²) in [6, 6.07) is 8.11. The topological polar surface area (TPSA) is 54.9 Å². The van der Waals surface area contributed by atoms with Crippen LogP contribution in [0.2, 0.25) is 0 Å². The summed E-state index contributed by atoms with van der Waals surface area (Å²) in [5.74, 6) is 2.76. The maximum atomic E-state index is 5.56. The summed E-state index contributed by atoms with van der Waals surface area (Å²) in [4.78, 5) is 4.69. The molecule has 1 heterocycles. The van der Waals surface area contributed by atoms with E-state index in [0.717, 1.165) is 36.1 Å². The molecule has 0 aliphatic carbocycles. The Hall–Kier alpha value is -2.21. The molecule has 6 heteroatoms. The van der Waals surface area contributed by atoms with E-state index in [9.17, 15) is 0 Å². The fraction of sp³-hybridized carbons (Fsp3) is 0.450. The van der Waals surface area contributed by atoms with E-state index in [1.807, 2.05) is 25.1 Å². The lowest BCUT2D eigenvalue weighted by atomic mass is 10.1. The lowest BCUT2D eigenvalue weighted by Crippen LogP contribution is -2.39. The number of nitrogens with one attached hydrogen (secondary N) is 2. The Kier molecular flexibility index (Phi) is 8.28. The predicted molar refractivity (Wildman–Crippen MR) is 110 cm³/mol. The SMILES string of the molecule is CCNC(=NCc1ccc(OCC)c(OC)c1)NCC(C)c1ccsc1. The second-order valence-electron chi connectivity index (χ2n) is 5.95. The van der Waals surface area contributed by atoms with Gasteiger partial charge in [-0.3, -0.25) is 0 Å². The zero-order chi connectivity index (χ0) is 18.8. The first-order valence-electron chi connectivity index (χ1n) is 9.01. The van der Waals surface area contributed by atoms with Gasteiger partial charge >= 0.3 is 0 Å². The molecule has 0 bridgehead atoms. The predicted octanol–water partition coefficient (Wildman–Crippen LogP) is 4.01. The summed E-state index contributed by atoms with van der Waals surface area (Å²) in [6.07, 6.45) is 0. The standard InChI is InChI=1S/C20H29N3O2S/c1-5-21-20(22-12-15(3)17-9-10-26-14-17)23-13-16-7-8-18(25-6-2)19(11-16)24-4/h7-11,14-15H,5-6,12-13H2,1-4H3,(H2,21,22,23). The number of ether oxygens (including phenoxy) is 2. The normalized spacial score (nSPS) is 12.5. The van der Waals surface area contributed by atoms with E-state index < -0.39 is 0 Å². The van der Waals surface area contributed by atoms with E-state index in [1.54, 1.807) is 18.4 Å². The molecular weight excluding hydrogens is 346 g/mol. The number of hydrogen-bond acceptors (Lipinski definition) is 4. The number of thiophene rings is 1. The monoisotopic (exact) mass is 375 g/mol. The smallest absolute Gasteiger partial charge is 0.191 e. The molecule has 2 rings (SSSR count). The number of guanidine groups is 1. The molecule has 0 aliphatic rings. The molecule has 1 atom stereocenters. The molecule has 1 aromatic carbocycles.